The largest absolute Gasteiger partial charge is 0.440 e. The van der Waals surface area contributed by atoms with E-state index in [4.69, 9.17) is 22.1 Å². The molecule has 0 radical (unpaired) electrons. The van der Waals surface area contributed by atoms with Crippen LogP contribution in [0.4, 0.5) is 0 Å². The highest BCUT2D eigenvalue weighted by molar-refractivity contribution is 6.30. The van der Waals surface area contributed by atoms with Crippen LogP contribution in [0.2, 0.25) is 5.15 Å². The fourth-order valence-corrected chi connectivity index (χ4v) is 4.60. The minimum absolute atomic E-state index is 0.0999. The highest BCUT2D eigenvalue weighted by Crippen LogP contribution is 2.47. The Balaban J connectivity index is 1.83. The molecule has 1 atom stereocenters. The summed E-state index contributed by atoms with van der Waals surface area (Å²) < 4.78 is 5.94. The van der Waals surface area contributed by atoms with Crippen LogP contribution in [0, 0.1) is 25.2 Å². The van der Waals surface area contributed by atoms with Gasteiger partial charge < -0.3 is 10.5 Å². The fourth-order valence-electron chi connectivity index (χ4n) is 4.35. The van der Waals surface area contributed by atoms with E-state index in [1.165, 1.54) is 0 Å². The second kappa shape index (κ2) is 6.76. The summed E-state index contributed by atoms with van der Waals surface area (Å²) in [5, 5.41) is 13.2. The van der Waals surface area contributed by atoms with Crippen LogP contribution in [-0.4, -0.2) is 4.98 Å². The fraction of sp³-hybridized carbons (Fsp3) is 0.120. The molecule has 0 bridgehead atoms. The topological polar surface area (TPSA) is 71.9 Å². The molecule has 0 saturated heterocycles. The van der Waals surface area contributed by atoms with E-state index in [0.29, 0.717) is 16.5 Å². The standard InChI is InChI=1S/C25H18ClN3O/c1-13-9-14(2)22-16(10-13)11-19(24(26)29-22)21-18-8-7-15-5-3-4-6-17(15)23(18)30-25(28)20(21)12-27/h3-11,21H,28H2,1-2H3/t21-/m0/s1. The molecule has 5 heteroatoms. The Morgan fingerprint density at radius 1 is 1.03 bits per heavy atom. The Bertz CT molecular complexity index is 1430. The lowest BCUT2D eigenvalue weighted by Gasteiger charge is -2.28. The van der Waals surface area contributed by atoms with Crippen LogP contribution in [0.25, 0.3) is 21.7 Å². The molecule has 0 saturated carbocycles. The first-order valence-corrected chi connectivity index (χ1v) is 10.0. The molecule has 0 amide bonds. The van der Waals surface area contributed by atoms with Crippen LogP contribution in [0.15, 0.2) is 66.1 Å². The van der Waals surface area contributed by atoms with E-state index in [0.717, 1.165) is 43.9 Å². The van der Waals surface area contributed by atoms with Crippen molar-refractivity contribution in [2.75, 3.05) is 0 Å². The smallest absolute Gasteiger partial charge is 0.205 e. The van der Waals surface area contributed by atoms with Gasteiger partial charge >= 0.3 is 0 Å². The summed E-state index contributed by atoms with van der Waals surface area (Å²) in [7, 11) is 0. The quantitative estimate of drug-likeness (QED) is 0.397. The van der Waals surface area contributed by atoms with Crippen molar-refractivity contribution in [1.82, 2.24) is 4.98 Å². The Hall–Kier alpha value is -3.55. The van der Waals surface area contributed by atoms with Crippen molar-refractivity contribution in [2.45, 2.75) is 19.8 Å². The average Bonchev–Trinajstić information content (AvgIpc) is 2.73. The van der Waals surface area contributed by atoms with Crippen LogP contribution >= 0.6 is 11.6 Å². The minimum atomic E-state index is -0.450. The normalized spacial score (nSPS) is 15.7. The number of hydrogen-bond donors (Lipinski definition) is 1. The molecular weight excluding hydrogens is 394 g/mol. The van der Waals surface area contributed by atoms with Gasteiger partial charge in [0.05, 0.1) is 11.4 Å². The Labute approximate surface area is 179 Å². The van der Waals surface area contributed by atoms with E-state index in [1.54, 1.807) is 0 Å². The molecule has 0 spiro atoms. The molecule has 1 aliphatic rings. The molecule has 0 unspecified atom stereocenters. The summed E-state index contributed by atoms with van der Waals surface area (Å²) in [6.45, 7) is 4.07. The molecule has 1 aliphatic heterocycles. The van der Waals surface area contributed by atoms with E-state index in [1.807, 2.05) is 49.4 Å². The first-order valence-electron chi connectivity index (χ1n) is 9.64. The van der Waals surface area contributed by atoms with Gasteiger partial charge in [-0.15, -0.1) is 0 Å². The Morgan fingerprint density at radius 3 is 2.63 bits per heavy atom. The third-order valence-corrected chi connectivity index (χ3v) is 5.95. The second-order valence-corrected chi connectivity index (χ2v) is 8.01. The number of hydrogen-bond acceptors (Lipinski definition) is 4. The molecule has 2 N–H and O–H groups in total. The average molecular weight is 412 g/mol. The zero-order valence-corrected chi connectivity index (χ0v) is 17.3. The number of nitriles is 1. The maximum atomic E-state index is 9.89. The Morgan fingerprint density at radius 2 is 1.83 bits per heavy atom. The number of nitrogens with two attached hydrogens (primary N) is 1. The lowest BCUT2D eigenvalue weighted by molar-refractivity contribution is 0.398. The van der Waals surface area contributed by atoms with E-state index >= 15 is 0 Å². The molecule has 4 nitrogen and oxygen atoms in total. The summed E-state index contributed by atoms with van der Waals surface area (Å²) in [6, 6.07) is 20.4. The first-order chi connectivity index (χ1) is 14.5. The lowest BCUT2D eigenvalue weighted by atomic mass is 9.82. The van der Waals surface area contributed by atoms with Gasteiger partial charge in [-0.3, -0.25) is 0 Å². The maximum absolute atomic E-state index is 9.89. The van der Waals surface area contributed by atoms with Gasteiger partial charge in [-0.05, 0) is 36.9 Å². The number of allylic oxidation sites excluding steroid dienone is 1. The Kier molecular flexibility index (Phi) is 4.16. The number of fused-ring (bicyclic) bond motifs is 4. The van der Waals surface area contributed by atoms with Crippen LogP contribution < -0.4 is 10.5 Å². The highest BCUT2D eigenvalue weighted by Gasteiger charge is 2.33. The summed E-state index contributed by atoms with van der Waals surface area (Å²) in [4.78, 5) is 4.67. The zero-order valence-electron chi connectivity index (χ0n) is 16.5. The van der Waals surface area contributed by atoms with Gasteiger partial charge in [0.2, 0.25) is 5.88 Å². The maximum Gasteiger partial charge on any atom is 0.205 e. The summed E-state index contributed by atoms with van der Waals surface area (Å²) >= 11 is 6.68. The number of nitrogens with zero attached hydrogens (tertiary/aromatic N) is 2. The summed E-state index contributed by atoms with van der Waals surface area (Å²) in [5.74, 6) is 0.308. The molecule has 146 valence electrons. The van der Waals surface area contributed by atoms with E-state index in [2.05, 4.69) is 30.1 Å². The molecule has 2 heterocycles. The van der Waals surface area contributed by atoms with Crippen molar-refractivity contribution < 1.29 is 4.74 Å². The number of aryl methyl sites for hydroxylation is 2. The molecular formula is C25H18ClN3O. The second-order valence-electron chi connectivity index (χ2n) is 7.65. The summed E-state index contributed by atoms with van der Waals surface area (Å²) in [5.41, 5.74) is 11.2. The predicted octanol–water partition coefficient (Wildman–Crippen LogP) is 5.88. The number of pyridine rings is 1. The van der Waals surface area contributed by atoms with Gasteiger partial charge in [-0.25, -0.2) is 4.98 Å². The number of ether oxygens (including phenoxy) is 1. The molecule has 30 heavy (non-hydrogen) atoms. The van der Waals surface area contributed by atoms with E-state index in [9.17, 15) is 5.26 Å². The van der Waals surface area contributed by atoms with Gasteiger partial charge in [0, 0.05) is 21.9 Å². The van der Waals surface area contributed by atoms with Gasteiger partial charge in [-0.1, -0.05) is 59.6 Å². The molecule has 3 aromatic carbocycles. The molecule has 1 aromatic heterocycles. The predicted molar refractivity (Wildman–Crippen MR) is 119 cm³/mol. The monoisotopic (exact) mass is 411 g/mol. The number of aromatic nitrogens is 1. The van der Waals surface area contributed by atoms with Crippen molar-refractivity contribution in [3.05, 3.63) is 93.5 Å². The van der Waals surface area contributed by atoms with Gasteiger partial charge in [0.15, 0.2) is 0 Å². The number of halogens is 1. The lowest BCUT2D eigenvalue weighted by Crippen LogP contribution is -2.21. The SMILES string of the molecule is Cc1cc(C)c2nc(Cl)c([C@H]3C(C#N)=C(N)Oc4c3ccc3ccccc43)cc2c1. The van der Waals surface area contributed by atoms with E-state index in [-0.39, 0.29) is 5.88 Å². The van der Waals surface area contributed by atoms with Crippen molar-refractivity contribution >= 4 is 33.3 Å². The van der Waals surface area contributed by atoms with Crippen LogP contribution in [0.1, 0.15) is 28.2 Å². The van der Waals surface area contributed by atoms with E-state index < -0.39 is 5.92 Å². The minimum Gasteiger partial charge on any atom is -0.440 e. The molecule has 4 aromatic rings. The summed E-state index contributed by atoms with van der Waals surface area (Å²) in [6.07, 6.45) is 0. The van der Waals surface area contributed by atoms with Gasteiger partial charge in [-0.2, -0.15) is 5.26 Å². The highest BCUT2D eigenvalue weighted by atomic mass is 35.5. The van der Waals surface area contributed by atoms with Gasteiger partial charge in [0.25, 0.3) is 0 Å². The van der Waals surface area contributed by atoms with Crippen LogP contribution in [0.3, 0.4) is 0 Å². The van der Waals surface area contributed by atoms with Crippen molar-refractivity contribution in [3.8, 4) is 11.8 Å². The number of benzene rings is 3. The van der Waals surface area contributed by atoms with Crippen molar-refractivity contribution in [3.63, 3.8) is 0 Å². The zero-order chi connectivity index (χ0) is 21.0. The number of rotatable bonds is 1. The van der Waals surface area contributed by atoms with Crippen LogP contribution in [0.5, 0.6) is 5.75 Å². The van der Waals surface area contributed by atoms with Crippen molar-refractivity contribution in [2.24, 2.45) is 5.73 Å². The van der Waals surface area contributed by atoms with Crippen molar-refractivity contribution in [1.29, 1.82) is 5.26 Å². The third kappa shape index (κ3) is 2.71. The molecule has 0 aliphatic carbocycles. The van der Waals surface area contributed by atoms with Gasteiger partial charge in [0.1, 0.15) is 22.5 Å². The molecule has 0 fully saturated rings. The molecule has 5 rings (SSSR count). The first kappa shape index (κ1) is 18.5. The third-order valence-electron chi connectivity index (χ3n) is 5.65. The van der Waals surface area contributed by atoms with Crippen LogP contribution in [-0.2, 0) is 0 Å².